The number of hydrogen-bond donors (Lipinski definition) is 1. The van der Waals surface area contributed by atoms with Gasteiger partial charge in [-0.15, -0.1) is 11.3 Å². The van der Waals surface area contributed by atoms with Crippen LogP contribution in [0.2, 0.25) is 0 Å². The summed E-state index contributed by atoms with van der Waals surface area (Å²) in [6.45, 7) is 4.59. The molecule has 0 amide bonds. The van der Waals surface area contributed by atoms with Gasteiger partial charge in [0.25, 0.3) is 5.56 Å². The number of hydrogen-bond acceptors (Lipinski definition) is 7. The number of methoxy groups -OCH3 is 1. The molecule has 3 aromatic heterocycles. The summed E-state index contributed by atoms with van der Waals surface area (Å²) in [6, 6.07) is 4.83. The molecule has 0 atom stereocenters. The summed E-state index contributed by atoms with van der Waals surface area (Å²) in [4.78, 5) is 21.7. The molecule has 0 saturated carbocycles. The van der Waals surface area contributed by atoms with Gasteiger partial charge in [0.2, 0.25) is 5.95 Å². The maximum Gasteiger partial charge on any atom is 0.284 e. The highest BCUT2D eigenvalue weighted by Gasteiger charge is 2.14. The Morgan fingerprint density at radius 1 is 1.38 bits per heavy atom. The maximum atomic E-state index is 13.0. The van der Waals surface area contributed by atoms with Crippen LogP contribution in [0, 0.1) is 19.0 Å². The van der Waals surface area contributed by atoms with Crippen LogP contribution in [-0.4, -0.2) is 34.5 Å². The summed E-state index contributed by atoms with van der Waals surface area (Å²) in [7, 11) is 1.60. The number of nitrogens with one attached hydrogen (secondary N) is 1. The molecule has 136 valence electrons. The minimum atomic E-state index is -0.376. The molecule has 26 heavy (non-hydrogen) atoms. The SMILES string of the molecule is COCCn1c(N/N=C\c2ccc(F)s2)nc(=O)c2c(C)cc(C)nc21. The van der Waals surface area contributed by atoms with Gasteiger partial charge in [-0.1, -0.05) is 0 Å². The van der Waals surface area contributed by atoms with E-state index in [9.17, 15) is 9.18 Å². The highest BCUT2D eigenvalue weighted by atomic mass is 32.1. The molecule has 3 heterocycles. The van der Waals surface area contributed by atoms with Gasteiger partial charge in [-0.3, -0.25) is 9.36 Å². The maximum absolute atomic E-state index is 13.0. The molecule has 3 aromatic rings. The normalized spacial score (nSPS) is 11.5. The molecule has 0 unspecified atom stereocenters. The van der Waals surface area contributed by atoms with E-state index in [1.165, 1.54) is 12.3 Å². The lowest BCUT2D eigenvalue weighted by molar-refractivity contribution is 0.188. The average molecular weight is 375 g/mol. The van der Waals surface area contributed by atoms with Gasteiger partial charge < -0.3 is 4.74 Å². The average Bonchev–Trinajstić information content (AvgIpc) is 2.99. The molecule has 1 N–H and O–H groups in total. The monoisotopic (exact) mass is 375 g/mol. The molecule has 0 aliphatic heterocycles. The van der Waals surface area contributed by atoms with Gasteiger partial charge in [-0.25, -0.2) is 10.4 Å². The lowest BCUT2D eigenvalue weighted by atomic mass is 10.2. The van der Waals surface area contributed by atoms with Gasteiger partial charge in [0.1, 0.15) is 5.65 Å². The first-order valence-corrected chi connectivity index (χ1v) is 8.73. The van der Waals surface area contributed by atoms with E-state index in [-0.39, 0.29) is 16.6 Å². The van der Waals surface area contributed by atoms with Crippen LogP contribution in [0.1, 0.15) is 16.1 Å². The number of nitrogens with zero attached hydrogens (tertiary/aromatic N) is 4. The zero-order valence-corrected chi connectivity index (χ0v) is 15.4. The van der Waals surface area contributed by atoms with Crippen molar-refractivity contribution in [3.05, 3.63) is 49.8 Å². The third kappa shape index (κ3) is 3.78. The number of thiophene rings is 1. The first-order valence-electron chi connectivity index (χ1n) is 7.91. The molecule has 0 radical (unpaired) electrons. The predicted molar refractivity (Wildman–Crippen MR) is 101 cm³/mol. The van der Waals surface area contributed by atoms with E-state index in [0.717, 1.165) is 22.6 Å². The molecule has 0 aliphatic carbocycles. The first-order chi connectivity index (χ1) is 12.5. The highest BCUT2D eigenvalue weighted by Crippen LogP contribution is 2.17. The van der Waals surface area contributed by atoms with Gasteiger partial charge in [-0.05, 0) is 37.6 Å². The molecule has 0 fully saturated rings. The van der Waals surface area contributed by atoms with Gasteiger partial charge >= 0.3 is 0 Å². The number of ether oxygens (including phenoxy) is 1. The molecular formula is C17H18FN5O2S. The van der Waals surface area contributed by atoms with Crippen molar-refractivity contribution >= 4 is 34.5 Å². The molecule has 3 rings (SSSR count). The van der Waals surface area contributed by atoms with Crippen LogP contribution in [0.5, 0.6) is 0 Å². The van der Waals surface area contributed by atoms with Gasteiger partial charge in [0.05, 0.1) is 29.6 Å². The molecular weight excluding hydrogens is 357 g/mol. The molecule has 0 aliphatic rings. The summed E-state index contributed by atoms with van der Waals surface area (Å²) < 4.78 is 20.0. The van der Waals surface area contributed by atoms with Crippen molar-refractivity contribution in [1.82, 2.24) is 14.5 Å². The van der Waals surface area contributed by atoms with Gasteiger partial charge in [0, 0.05) is 12.8 Å². The third-order valence-corrected chi connectivity index (χ3v) is 4.54. The Balaban J connectivity index is 2.05. The van der Waals surface area contributed by atoms with E-state index in [0.29, 0.717) is 29.1 Å². The number of rotatable bonds is 6. The Labute approximate surface area is 153 Å². The summed E-state index contributed by atoms with van der Waals surface area (Å²) in [5.74, 6) is 0.255. The first kappa shape index (κ1) is 18.2. The van der Waals surface area contributed by atoms with Crippen LogP contribution >= 0.6 is 11.3 Å². The van der Waals surface area contributed by atoms with Gasteiger partial charge in [0.15, 0.2) is 5.13 Å². The van der Waals surface area contributed by atoms with Crippen molar-refractivity contribution in [3.8, 4) is 0 Å². The van der Waals surface area contributed by atoms with E-state index >= 15 is 0 Å². The van der Waals surface area contributed by atoms with E-state index < -0.39 is 0 Å². The van der Waals surface area contributed by atoms with Crippen molar-refractivity contribution in [3.63, 3.8) is 0 Å². The zero-order valence-electron chi connectivity index (χ0n) is 14.6. The smallest absolute Gasteiger partial charge is 0.284 e. The lowest BCUT2D eigenvalue weighted by Gasteiger charge is -2.15. The molecule has 0 spiro atoms. The number of pyridine rings is 1. The van der Waals surface area contributed by atoms with Crippen molar-refractivity contribution in [1.29, 1.82) is 0 Å². The fourth-order valence-corrected chi connectivity index (χ4v) is 3.22. The second-order valence-corrected chi connectivity index (χ2v) is 6.74. The van der Waals surface area contributed by atoms with Crippen molar-refractivity contribution in [2.24, 2.45) is 5.10 Å². The third-order valence-electron chi connectivity index (χ3n) is 3.73. The largest absolute Gasteiger partial charge is 0.383 e. The van der Waals surface area contributed by atoms with Crippen LogP contribution in [-0.2, 0) is 11.3 Å². The van der Waals surface area contributed by atoms with Crippen molar-refractivity contribution in [2.75, 3.05) is 19.1 Å². The zero-order chi connectivity index (χ0) is 18.7. The minimum Gasteiger partial charge on any atom is -0.383 e. The molecule has 9 heteroatoms. The predicted octanol–water partition coefficient (Wildman–Crippen LogP) is 2.70. The Morgan fingerprint density at radius 3 is 2.88 bits per heavy atom. The number of hydrazone groups is 1. The van der Waals surface area contributed by atoms with E-state index in [1.54, 1.807) is 17.7 Å². The lowest BCUT2D eigenvalue weighted by Crippen LogP contribution is -2.21. The number of aryl methyl sites for hydroxylation is 2. The van der Waals surface area contributed by atoms with Crippen molar-refractivity contribution < 1.29 is 9.13 Å². The minimum absolute atomic E-state index is 0.255. The standard InChI is InChI=1S/C17H18FN5O2S/c1-10-8-11(2)20-15-14(10)16(24)21-17(23(15)6-7-25-3)22-19-9-12-4-5-13(18)26-12/h4-5,8-9H,6-7H2,1-3H3,(H,21,22,24)/b19-9-. The van der Waals surface area contributed by atoms with Crippen LogP contribution in [0.4, 0.5) is 10.3 Å². The quantitative estimate of drug-likeness (QED) is 0.529. The molecule has 7 nitrogen and oxygen atoms in total. The fraction of sp³-hybridized carbons (Fsp3) is 0.294. The summed E-state index contributed by atoms with van der Waals surface area (Å²) in [6.07, 6.45) is 1.47. The second kappa shape index (κ2) is 7.71. The molecule has 0 aromatic carbocycles. The van der Waals surface area contributed by atoms with Crippen LogP contribution in [0.15, 0.2) is 28.1 Å². The summed E-state index contributed by atoms with van der Waals surface area (Å²) in [5.41, 5.74) is 4.53. The fourth-order valence-electron chi connectivity index (χ4n) is 2.62. The number of anilines is 1. The molecule has 0 bridgehead atoms. The summed E-state index contributed by atoms with van der Waals surface area (Å²) in [5, 5.41) is 4.25. The Hall–Kier alpha value is -2.65. The Kier molecular flexibility index (Phi) is 5.38. The topological polar surface area (TPSA) is 81.4 Å². The van der Waals surface area contributed by atoms with Crippen molar-refractivity contribution in [2.45, 2.75) is 20.4 Å². The van der Waals surface area contributed by atoms with Gasteiger partial charge in [-0.2, -0.15) is 14.5 Å². The van der Waals surface area contributed by atoms with E-state index in [1.807, 2.05) is 19.9 Å². The number of halogens is 1. The number of aromatic nitrogens is 3. The molecule has 0 saturated heterocycles. The Bertz CT molecular complexity index is 1030. The van der Waals surface area contributed by atoms with Crippen LogP contribution < -0.4 is 11.0 Å². The summed E-state index contributed by atoms with van der Waals surface area (Å²) >= 11 is 0.973. The Morgan fingerprint density at radius 2 is 2.19 bits per heavy atom. The van der Waals surface area contributed by atoms with Crippen LogP contribution in [0.25, 0.3) is 11.0 Å². The highest BCUT2D eigenvalue weighted by molar-refractivity contribution is 7.12. The van der Waals surface area contributed by atoms with Crippen LogP contribution in [0.3, 0.4) is 0 Å². The number of fused-ring (bicyclic) bond motifs is 1. The van der Waals surface area contributed by atoms with E-state index in [2.05, 4.69) is 20.5 Å². The second-order valence-electron chi connectivity index (χ2n) is 5.68. The van der Waals surface area contributed by atoms with E-state index in [4.69, 9.17) is 4.74 Å².